The Hall–Kier alpha value is -0.550. The maximum Gasteiger partial charge on any atom is 0.310 e. The first-order valence-electron chi connectivity index (χ1n) is 6.03. The summed E-state index contributed by atoms with van der Waals surface area (Å²) in [7, 11) is 0. The molecule has 1 aliphatic rings. The van der Waals surface area contributed by atoms with Gasteiger partial charge in [0, 0.05) is 23.3 Å². The Morgan fingerprint density at radius 3 is 2.11 bits per heavy atom. The lowest BCUT2D eigenvalue weighted by molar-refractivity contribution is -0.160. The molecular weight excluding hydrogens is 250 g/mol. The van der Waals surface area contributed by atoms with Crippen molar-refractivity contribution in [1.29, 1.82) is 0 Å². The monoisotopic (exact) mass is 275 g/mol. The molecule has 106 valence electrons. The highest BCUT2D eigenvalue weighted by atomic mass is 32.2. The van der Waals surface area contributed by atoms with Gasteiger partial charge in [0.25, 0.3) is 0 Å². The fourth-order valence-electron chi connectivity index (χ4n) is 1.34. The fourth-order valence-corrected chi connectivity index (χ4v) is 1.89. The lowest BCUT2D eigenvalue weighted by Crippen LogP contribution is -2.36. The van der Waals surface area contributed by atoms with Crippen LogP contribution in [0.25, 0.3) is 0 Å². The zero-order chi connectivity index (χ0) is 13.3. The molecule has 18 heavy (non-hydrogen) atoms. The lowest BCUT2D eigenvalue weighted by atomic mass is 9.83. The van der Waals surface area contributed by atoms with E-state index in [0.29, 0.717) is 0 Å². The van der Waals surface area contributed by atoms with Crippen molar-refractivity contribution in [1.82, 2.24) is 0 Å². The summed E-state index contributed by atoms with van der Waals surface area (Å²) in [5.74, 6) is -0.0641. The van der Waals surface area contributed by atoms with Crippen molar-refractivity contribution in [3.8, 4) is 0 Å². The molecule has 0 amide bonds. The van der Waals surface area contributed by atoms with E-state index >= 15 is 0 Å². The molecule has 4 nitrogen and oxygen atoms in total. The third-order valence-electron chi connectivity index (χ3n) is 2.15. The highest BCUT2D eigenvalue weighted by Crippen LogP contribution is 2.32. The average molecular weight is 275 g/mol. The second-order valence-corrected chi connectivity index (χ2v) is 8.09. The van der Waals surface area contributed by atoms with Gasteiger partial charge in [-0.2, -0.15) is 0 Å². The van der Waals surface area contributed by atoms with Crippen molar-refractivity contribution >= 4 is 23.6 Å². The Labute approximate surface area is 114 Å². The summed E-state index contributed by atoms with van der Waals surface area (Å²) in [6.07, 6.45) is 1.52. The number of carbonyl (C=O) groups is 1. The predicted molar refractivity (Wildman–Crippen MR) is 77.0 cm³/mol. The molecule has 1 fully saturated rings. The molecule has 0 unspecified atom stereocenters. The van der Waals surface area contributed by atoms with Crippen LogP contribution in [0.3, 0.4) is 0 Å². The first-order valence-corrected chi connectivity index (χ1v) is 6.81. The van der Waals surface area contributed by atoms with Crippen LogP contribution in [0.1, 0.15) is 54.4 Å². The Bertz CT molecular complexity index is 318. The third kappa shape index (κ3) is 6.40. The van der Waals surface area contributed by atoms with E-state index in [9.17, 15) is 4.79 Å². The van der Waals surface area contributed by atoms with Crippen LogP contribution in [0.15, 0.2) is 4.40 Å². The van der Waals surface area contributed by atoms with Crippen molar-refractivity contribution in [3.05, 3.63) is 0 Å². The molecule has 0 saturated heterocycles. The van der Waals surface area contributed by atoms with Crippen molar-refractivity contribution in [3.63, 3.8) is 0 Å². The molecule has 0 bridgehead atoms. The lowest BCUT2D eigenvalue weighted by Gasteiger charge is -2.30. The van der Waals surface area contributed by atoms with Crippen molar-refractivity contribution < 1.29 is 15.0 Å². The number of hydrogen-bond donors (Lipinski definition) is 0. The summed E-state index contributed by atoms with van der Waals surface area (Å²) in [6.45, 7) is 12.1. The van der Waals surface area contributed by atoms with Gasteiger partial charge in [-0.25, -0.2) is 4.40 Å². The highest BCUT2D eigenvalue weighted by Gasteiger charge is 2.34. The third-order valence-corrected chi connectivity index (χ3v) is 3.05. The van der Waals surface area contributed by atoms with Gasteiger partial charge < -0.3 is 10.2 Å². The van der Waals surface area contributed by atoms with Crippen molar-refractivity contribution in [2.45, 2.75) is 64.7 Å². The number of nitrogens with zero attached hydrogens (tertiary/aromatic N) is 1. The minimum Gasteiger partial charge on any atom is -0.460 e. The van der Waals surface area contributed by atoms with E-state index in [0.717, 1.165) is 18.6 Å². The summed E-state index contributed by atoms with van der Waals surface area (Å²) in [5, 5.41) is 0. The minimum atomic E-state index is -0.385. The van der Waals surface area contributed by atoms with Crippen LogP contribution in [0, 0.1) is 5.92 Å². The van der Waals surface area contributed by atoms with E-state index in [-0.39, 0.29) is 27.7 Å². The van der Waals surface area contributed by atoms with Gasteiger partial charge in [-0.05, 0) is 53.5 Å². The normalized spacial score (nSPS) is 19.7. The largest absolute Gasteiger partial charge is 0.460 e. The smallest absolute Gasteiger partial charge is 0.310 e. The van der Waals surface area contributed by atoms with Gasteiger partial charge in [0.15, 0.2) is 0 Å². The number of esters is 1. The fraction of sp³-hybridized carbons (Fsp3) is 0.846. The van der Waals surface area contributed by atoms with E-state index in [1.54, 1.807) is 11.9 Å². The van der Waals surface area contributed by atoms with Gasteiger partial charge in [-0.15, -0.1) is 0 Å². The number of hydrogen-bond acceptors (Lipinski definition) is 4. The molecule has 0 aliphatic heterocycles. The van der Waals surface area contributed by atoms with Crippen molar-refractivity contribution in [2.24, 2.45) is 10.3 Å². The van der Waals surface area contributed by atoms with Crippen LogP contribution in [0.5, 0.6) is 0 Å². The van der Waals surface area contributed by atoms with E-state index < -0.39 is 0 Å². The summed E-state index contributed by atoms with van der Waals surface area (Å²) in [5.41, 5.74) is 0.741. The van der Waals surface area contributed by atoms with Crippen LogP contribution >= 0.6 is 11.9 Å². The van der Waals surface area contributed by atoms with Gasteiger partial charge in [0.1, 0.15) is 5.60 Å². The summed E-state index contributed by atoms with van der Waals surface area (Å²) < 4.78 is 9.93. The molecule has 1 rings (SSSR count). The zero-order valence-electron chi connectivity index (χ0n) is 12.2. The second kappa shape index (κ2) is 6.06. The first kappa shape index (κ1) is 17.4. The standard InChI is InChI=1S/C13H23NO2S.H2O/c1-12(2,3)16-11(15)9-7-10(8-9)14-17-13(4,5)6;/h9H,7-8H2,1-6H3;1H2. The summed E-state index contributed by atoms with van der Waals surface area (Å²) in [4.78, 5) is 11.7. The summed E-state index contributed by atoms with van der Waals surface area (Å²) >= 11 is 1.58. The minimum absolute atomic E-state index is 0. The maximum atomic E-state index is 11.7. The molecule has 0 atom stereocenters. The van der Waals surface area contributed by atoms with Crippen LogP contribution in [-0.2, 0) is 9.53 Å². The van der Waals surface area contributed by atoms with E-state index in [2.05, 4.69) is 25.2 Å². The molecule has 0 radical (unpaired) electrons. The topological polar surface area (TPSA) is 70.2 Å². The Balaban J connectivity index is 0.00000289. The molecule has 5 heteroatoms. The van der Waals surface area contributed by atoms with Crippen LogP contribution < -0.4 is 0 Å². The Kier molecular flexibility index (Phi) is 5.88. The SMILES string of the molecule is CC(C)(C)OC(=O)C1CC(=NSC(C)(C)C)C1.O. The molecule has 2 N–H and O–H groups in total. The molecule has 0 heterocycles. The van der Waals surface area contributed by atoms with Gasteiger partial charge in [-0.1, -0.05) is 0 Å². The van der Waals surface area contributed by atoms with Gasteiger partial charge in [0.2, 0.25) is 0 Å². The van der Waals surface area contributed by atoms with E-state index in [1.165, 1.54) is 0 Å². The van der Waals surface area contributed by atoms with Gasteiger partial charge >= 0.3 is 5.97 Å². The molecule has 1 aliphatic carbocycles. The van der Waals surface area contributed by atoms with E-state index in [1.807, 2.05) is 20.8 Å². The van der Waals surface area contributed by atoms with E-state index in [4.69, 9.17) is 4.74 Å². The van der Waals surface area contributed by atoms with Crippen molar-refractivity contribution in [2.75, 3.05) is 0 Å². The number of rotatable bonds is 2. The molecule has 0 aromatic rings. The van der Waals surface area contributed by atoms with Gasteiger partial charge in [-0.3, -0.25) is 4.79 Å². The first-order chi connectivity index (χ1) is 7.57. The molecule has 0 spiro atoms. The number of carbonyl (C=O) groups excluding carboxylic acids is 1. The predicted octanol–water partition coefficient (Wildman–Crippen LogP) is 2.80. The number of ether oxygens (including phenoxy) is 1. The molecule has 0 aromatic heterocycles. The summed E-state index contributed by atoms with van der Waals surface area (Å²) in [6, 6.07) is 0. The molecular formula is C13H25NO3S. The Morgan fingerprint density at radius 1 is 1.22 bits per heavy atom. The van der Waals surface area contributed by atoms with Crippen LogP contribution in [0.2, 0.25) is 0 Å². The van der Waals surface area contributed by atoms with Crippen LogP contribution in [0.4, 0.5) is 0 Å². The zero-order valence-corrected chi connectivity index (χ0v) is 13.0. The van der Waals surface area contributed by atoms with Gasteiger partial charge in [0.05, 0.1) is 5.92 Å². The Morgan fingerprint density at radius 2 is 1.72 bits per heavy atom. The quantitative estimate of drug-likeness (QED) is 0.574. The van der Waals surface area contributed by atoms with Crippen LogP contribution in [-0.4, -0.2) is 27.5 Å². The maximum absolute atomic E-state index is 11.7. The average Bonchev–Trinajstić information content (AvgIpc) is 1.94. The molecule has 1 saturated carbocycles. The second-order valence-electron chi connectivity index (χ2n) is 6.50. The molecule has 0 aromatic carbocycles. The highest BCUT2D eigenvalue weighted by molar-refractivity contribution is 7.99.